The summed E-state index contributed by atoms with van der Waals surface area (Å²) in [6.45, 7) is 3.67. The van der Waals surface area contributed by atoms with E-state index >= 15 is 0 Å². The van der Waals surface area contributed by atoms with Crippen LogP contribution in [0.3, 0.4) is 0 Å². The lowest BCUT2D eigenvalue weighted by atomic mass is 9.99. The van der Waals surface area contributed by atoms with Crippen LogP contribution >= 0.6 is 0 Å². The summed E-state index contributed by atoms with van der Waals surface area (Å²) < 4.78 is 11.7. The van der Waals surface area contributed by atoms with Gasteiger partial charge in [-0.3, -0.25) is 0 Å². The average molecular weight is 465 g/mol. The van der Waals surface area contributed by atoms with Crippen molar-refractivity contribution < 1.29 is 9.47 Å². The number of rotatable bonds is 17. The predicted octanol–water partition coefficient (Wildman–Crippen LogP) is 8.57. The Bertz CT molecular complexity index is 796. The lowest BCUT2D eigenvalue weighted by molar-refractivity contribution is 0.304. The first kappa shape index (κ1) is 26.2. The molecule has 4 heteroatoms. The van der Waals surface area contributed by atoms with Crippen LogP contribution in [0.2, 0.25) is 0 Å². The van der Waals surface area contributed by atoms with E-state index in [1.807, 2.05) is 24.3 Å². The zero-order valence-corrected chi connectivity index (χ0v) is 21.2. The first-order chi connectivity index (χ1) is 16.8. The fourth-order valence-electron chi connectivity index (χ4n) is 4.59. The molecule has 0 amide bonds. The third-order valence-corrected chi connectivity index (χ3v) is 6.65. The monoisotopic (exact) mass is 464 g/mol. The van der Waals surface area contributed by atoms with E-state index in [1.54, 1.807) is 12.4 Å². The molecule has 3 rings (SSSR count). The van der Waals surface area contributed by atoms with Gasteiger partial charge in [0.2, 0.25) is 0 Å². The van der Waals surface area contributed by atoms with Gasteiger partial charge in [-0.1, -0.05) is 83.3 Å². The van der Waals surface area contributed by atoms with Crippen molar-refractivity contribution in [2.45, 2.75) is 96.8 Å². The quantitative estimate of drug-likeness (QED) is 0.174. The molecule has 1 heterocycles. The maximum Gasteiger partial charge on any atom is 0.159 e. The van der Waals surface area contributed by atoms with Crippen molar-refractivity contribution in [3.05, 3.63) is 48.8 Å². The van der Waals surface area contributed by atoms with E-state index in [1.165, 1.54) is 64.2 Å². The fraction of sp³-hybridized carbons (Fsp3) is 0.600. The van der Waals surface area contributed by atoms with Crippen molar-refractivity contribution in [2.24, 2.45) is 5.92 Å². The van der Waals surface area contributed by atoms with E-state index in [4.69, 9.17) is 9.47 Å². The SMILES string of the molecule is CCC/C=C/CCCOc1cnc(-c2ccc(OCCCCCCCC3CCCC3)cc2)nc1. The molecule has 2 aromatic rings. The van der Waals surface area contributed by atoms with Gasteiger partial charge in [-0.15, -0.1) is 0 Å². The number of nitrogens with zero attached hydrogens (tertiary/aromatic N) is 2. The van der Waals surface area contributed by atoms with E-state index in [0.29, 0.717) is 12.4 Å². The van der Waals surface area contributed by atoms with Crippen molar-refractivity contribution in [1.82, 2.24) is 9.97 Å². The minimum Gasteiger partial charge on any atom is -0.494 e. The first-order valence-corrected chi connectivity index (χ1v) is 13.7. The van der Waals surface area contributed by atoms with E-state index in [-0.39, 0.29) is 0 Å². The van der Waals surface area contributed by atoms with E-state index in [2.05, 4.69) is 29.0 Å². The Morgan fingerprint density at radius 3 is 2.18 bits per heavy atom. The molecule has 0 atom stereocenters. The molecule has 1 aromatic heterocycles. The second kappa shape index (κ2) is 16.3. The number of ether oxygens (including phenoxy) is 2. The van der Waals surface area contributed by atoms with Crippen LogP contribution in [0.25, 0.3) is 11.4 Å². The number of unbranched alkanes of at least 4 members (excludes halogenated alkanes) is 6. The van der Waals surface area contributed by atoms with E-state index in [0.717, 1.165) is 55.3 Å². The molecule has 0 N–H and O–H groups in total. The molecule has 1 fully saturated rings. The van der Waals surface area contributed by atoms with E-state index < -0.39 is 0 Å². The van der Waals surface area contributed by atoms with Gasteiger partial charge < -0.3 is 9.47 Å². The summed E-state index contributed by atoms with van der Waals surface area (Å²) in [6, 6.07) is 8.07. The molecular formula is C30H44N2O2. The molecule has 1 aliphatic carbocycles. The molecule has 1 aromatic carbocycles. The summed E-state index contributed by atoms with van der Waals surface area (Å²) >= 11 is 0. The standard InChI is InChI=1S/C30H44N2O2/c1-2-3-4-5-8-14-23-34-29-24-31-30(32-25-29)27-18-20-28(21-19-27)33-22-13-9-6-7-10-15-26-16-11-12-17-26/h4-5,18-21,24-26H,2-3,6-17,22-23H2,1H3/b5-4+. The van der Waals surface area contributed by atoms with E-state index in [9.17, 15) is 0 Å². The van der Waals surface area contributed by atoms with Gasteiger partial charge in [0.15, 0.2) is 11.6 Å². The normalized spacial score (nSPS) is 14.1. The highest BCUT2D eigenvalue weighted by atomic mass is 16.5. The van der Waals surface area contributed by atoms with Gasteiger partial charge >= 0.3 is 0 Å². The molecular weight excluding hydrogens is 420 g/mol. The lowest BCUT2D eigenvalue weighted by Gasteiger charge is -2.09. The van der Waals surface area contributed by atoms with Crippen LogP contribution in [0.1, 0.15) is 96.8 Å². The first-order valence-electron chi connectivity index (χ1n) is 13.7. The predicted molar refractivity (Wildman–Crippen MR) is 141 cm³/mol. The van der Waals surface area contributed by atoms with Crippen LogP contribution in [0.5, 0.6) is 11.5 Å². The van der Waals surface area contributed by atoms with Crippen molar-refractivity contribution in [1.29, 1.82) is 0 Å². The topological polar surface area (TPSA) is 44.2 Å². The molecule has 0 radical (unpaired) electrons. The molecule has 0 saturated heterocycles. The highest BCUT2D eigenvalue weighted by Gasteiger charge is 2.13. The number of allylic oxidation sites excluding steroid dienone is 2. The minimum atomic E-state index is 0.686. The largest absolute Gasteiger partial charge is 0.494 e. The maximum absolute atomic E-state index is 5.92. The molecule has 186 valence electrons. The summed E-state index contributed by atoms with van der Waals surface area (Å²) in [5.41, 5.74) is 0.988. The van der Waals surface area contributed by atoms with Gasteiger partial charge in [0.05, 0.1) is 25.6 Å². The summed E-state index contributed by atoms with van der Waals surface area (Å²) in [4.78, 5) is 8.93. The molecule has 0 aliphatic heterocycles. The molecule has 0 unspecified atom stereocenters. The van der Waals surface area contributed by atoms with Crippen molar-refractivity contribution >= 4 is 0 Å². The molecule has 1 saturated carbocycles. The van der Waals surface area contributed by atoms with Crippen LogP contribution in [-0.2, 0) is 0 Å². The zero-order valence-electron chi connectivity index (χ0n) is 21.2. The molecule has 1 aliphatic rings. The number of hydrogen-bond donors (Lipinski definition) is 0. The van der Waals surface area contributed by atoms with Gasteiger partial charge in [0, 0.05) is 5.56 Å². The van der Waals surface area contributed by atoms with Crippen molar-refractivity contribution in [3.8, 4) is 22.9 Å². The van der Waals surface area contributed by atoms with Gasteiger partial charge in [-0.25, -0.2) is 9.97 Å². The van der Waals surface area contributed by atoms with Crippen molar-refractivity contribution in [3.63, 3.8) is 0 Å². The summed E-state index contributed by atoms with van der Waals surface area (Å²) in [5, 5.41) is 0. The highest BCUT2D eigenvalue weighted by Crippen LogP contribution is 2.29. The third-order valence-electron chi connectivity index (χ3n) is 6.65. The van der Waals surface area contributed by atoms with Crippen LogP contribution in [0.15, 0.2) is 48.8 Å². The molecule has 0 bridgehead atoms. The van der Waals surface area contributed by atoms with Gasteiger partial charge in [-0.05, 0) is 55.9 Å². The van der Waals surface area contributed by atoms with Gasteiger partial charge in [0.25, 0.3) is 0 Å². The Kier molecular flexibility index (Phi) is 12.6. The lowest BCUT2D eigenvalue weighted by Crippen LogP contribution is -1.99. The summed E-state index contributed by atoms with van der Waals surface area (Å²) in [6.07, 6.45) is 26.3. The van der Waals surface area contributed by atoms with Gasteiger partial charge in [-0.2, -0.15) is 0 Å². The maximum atomic E-state index is 5.92. The number of benzene rings is 1. The third kappa shape index (κ3) is 10.3. The van der Waals surface area contributed by atoms with Crippen molar-refractivity contribution in [2.75, 3.05) is 13.2 Å². The zero-order chi connectivity index (χ0) is 23.7. The molecule has 0 spiro atoms. The smallest absolute Gasteiger partial charge is 0.159 e. The molecule has 34 heavy (non-hydrogen) atoms. The number of aromatic nitrogens is 2. The van der Waals surface area contributed by atoms with Crippen LogP contribution in [0.4, 0.5) is 0 Å². The second-order valence-corrected chi connectivity index (χ2v) is 9.57. The van der Waals surface area contributed by atoms with Gasteiger partial charge in [0.1, 0.15) is 5.75 Å². The van der Waals surface area contributed by atoms with Crippen LogP contribution in [-0.4, -0.2) is 23.2 Å². The fourth-order valence-corrected chi connectivity index (χ4v) is 4.59. The van der Waals surface area contributed by atoms with Crippen LogP contribution < -0.4 is 9.47 Å². The number of hydrogen-bond acceptors (Lipinski definition) is 4. The Balaban J connectivity index is 1.26. The minimum absolute atomic E-state index is 0.686. The Labute approximate surface area is 207 Å². The summed E-state index contributed by atoms with van der Waals surface area (Å²) in [5.74, 6) is 3.38. The van der Waals surface area contributed by atoms with Crippen LogP contribution in [0, 0.1) is 5.92 Å². The highest BCUT2D eigenvalue weighted by molar-refractivity contribution is 5.56. The average Bonchev–Trinajstić information content (AvgIpc) is 3.39. The Morgan fingerprint density at radius 1 is 0.765 bits per heavy atom. The Hall–Kier alpha value is -2.36. The second-order valence-electron chi connectivity index (χ2n) is 9.57. The Morgan fingerprint density at radius 2 is 1.41 bits per heavy atom. The summed E-state index contributed by atoms with van der Waals surface area (Å²) in [7, 11) is 0. The molecule has 4 nitrogen and oxygen atoms in total.